The average Bonchev–Trinajstić information content (AvgIpc) is 2.32. The zero-order valence-electron chi connectivity index (χ0n) is 10.6. The maximum atomic E-state index is 6.23. The van der Waals surface area contributed by atoms with Gasteiger partial charge in [-0.25, -0.2) is 0 Å². The molecule has 5 heteroatoms. The molecule has 0 unspecified atom stereocenters. The molecule has 96 valence electrons. The number of halogens is 2. The molecule has 1 heterocycles. The third-order valence-electron chi connectivity index (χ3n) is 2.98. The highest BCUT2D eigenvalue weighted by molar-refractivity contribution is 6.45. The number of rotatable bonds is 2. The van der Waals surface area contributed by atoms with E-state index in [2.05, 4.69) is 4.98 Å². The van der Waals surface area contributed by atoms with Gasteiger partial charge in [0.25, 0.3) is 0 Å². The van der Waals surface area contributed by atoms with Crippen molar-refractivity contribution in [1.82, 2.24) is 4.98 Å². The zero-order valence-corrected chi connectivity index (χ0v) is 12.1. The fourth-order valence-electron chi connectivity index (χ4n) is 2.16. The van der Waals surface area contributed by atoms with Crippen LogP contribution in [-0.2, 0) is 6.54 Å². The summed E-state index contributed by atoms with van der Waals surface area (Å²) < 4.78 is 0. The van der Waals surface area contributed by atoms with Gasteiger partial charge in [-0.15, -0.1) is 0 Å². The molecule has 0 saturated heterocycles. The van der Waals surface area contributed by atoms with Crippen molar-refractivity contribution in [3.05, 3.63) is 33.4 Å². The number of hydrogen-bond acceptors (Lipinski definition) is 3. The molecule has 0 saturated carbocycles. The number of nitrogens with two attached hydrogens (primary N) is 1. The van der Waals surface area contributed by atoms with E-state index in [-0.39, 0.29) is 0 Å². The van der Waals surface area contributed by atoms with Gasteiger partial charge in [0.2, 0.25) is 0 Å². The summed E-state index contributed by atoms with van der Waals surface area (Å²) in [5, 5.41) is 1.98. The third-order valence-corrected chi connectivity index (χ3v) is 3.77. The molecular formula is C13H15Cl2N3. The minimum Gasteiger partial charge on any atom is -0.377 e. The highest BCUT2D eigenvalue weighted by Gasteiger charge is 2.16. The Kier molecular flexibility index (Phi) is 3.66. The van der Waals surface area contributed by atoms with Gasteiger partial charge in [0.1, 0.15) is 0 Å². The van der Waals surface area contributed by atoms with Crippen molar-refractivity contribution in [2.75, 3.05) is 19.0 Å². The van der Waals surface area contributed by atoms with Crippen LogP contribution in [0.1, 0.15) is 11.3 Å². The monoisotopic (exact) mass is 283 g/mol. The molecule has 2 N–H and O–H groups in total. The molecule has 18 heavy (non-hydrogen) atoms. The summed E-state index contributed by atoms with van der Waals surface area (Å²) in [6.45, 7) is 2.38. The Morgan fingerprint density at radius 3 is 2.50 bits per heavy atom. The Hall–Kier alpha value is -1.03. The third kappa shape index (κ3) is 2.03. The smallest absolute Gasteiger partial charge is 0.0927 e. The van der Waals surface area contributed by atoms with Crippen LogP contribution < -0.4 is 10.6 Å². The molecule has 0 bridgehead atoms. The second kappa shape index (κ2) is 4.92. The number of hydrogen-bond donors (Lipinski definition) is 1. The summed E-state index contributed by atoms with van der Waals surface area (Å²) in [5.41, 5.74) is 9.52. The number of pyridine rings is 1. The first-order valence-electron chi connectivity index (χ1n) is 5.62. The lowest BCUT2D eigenvalue weighted by molar-refractivity contribution is 0.993. The molecule has 0 aliphatic carbocycles. The summed E-state index contributed by atoms with van der Waals surface area (Å²) in [7, 11) is 3.96. The number of aryl methyl sites for hydroxylation is 1. The number of fused-ring (bicyclic) bond motifs is 1. The van der Waals surface area contributed by atoms with Crippen molar-refractivity contribution in [3.8, 4) is 0 Å². The summed E-state index contributed by atoms with van der Waals surface area (Å²) in [6, 6.07) is 3.72. The minimum atomic E-state index is 0.447. The van der Waals surface area contributed by atoms with Crippen LogP contribution in [0, 0.1) is 6.92 Å². The van der Waals surface area contributed by atoms with Gasteiger partial charge in [-0.05, 0) is 19.1 Å². The van der Waals surface area contributed by atoms with Crippen molar-refractivity contribution in [2.24, 2.45) is 5.73 Å². The van der Waals surface area contributed by atoms with E-state index in [1.165, 1.54) is 0 Å². The Bertz CT molecular complexity index is 609. The van der Waals surface area contributed by atoms with Crippen LogP contribution in [0.5, 0.6) is 0 Å². The topological polar surface area (TPSA) is 42.2 Å². The van der Waals surface area contributed by atoms with Crippen LogP contribution in [0.25, 0.3) is 10.9 Å². The van der Waals surface area contributed by atoms with Gasteiger partial charge in [0.15, 0.2) is 0 Å². The Morgan fingerprint density at radius 1 is 1.28 bits per heavy atom. The van der Waals surface area contributed by atoms with Gasteiger partial charge in [0.05, 0.1) is 21.2 Å². The van der Waals surface area contributed by atoms with Gasteiger partial charge in [-0.2, -0.15) is 0 Å². The highest BCUT2D eigenvalue weighted by Crippen LogP contribution is 2.36. The fraction of sp³-hybridized carbons (Fsp3) is 0.308. The first-order valence-corrected chi connectivity index (χ1v) is 6.37. The molecule has 2 aromatic rings. The van der Waals surface area contributed by atoms with E-state index in [9.17, 15) is 0 Å². The van der Waals surface area contributed by atoms with E-state index < -0.39 is 0 Å². The van der Waals surface area contributed by atoms with E-state index in [1.807, 2.05) is 32.0 Å². The lowest BCUT2D eigenvalue weighted by Crippen LogP contribution is -2.15. The first-order chi connectivity index (χ1) is 8.47. The van der Waals surface area contributed by atoms with Crippen LogP contribution in [0.4, 0.5) is 5.69 Å². The lowest BCUT2D eigenvalue weighted by Gasteiger charge is -2.21. The minimum absolute atomic E-state index is 0.447. The van der Waals surface area contributed by atoms with Crippen LogP contribution >= 0.6 is 23.2 Å². The molecule has 0 amide bonds. The summed E-state index contributed by atoms with van der Waals surface area (Å²) >= 11 is 12.3. The van der Waals surface area contributed by atoms with Crippen LogP contribution in [0.2, 0.25) is 10.0 Å². The van der Waals surface area contributed by atoms with Crippen molar-refractivity contribution in [2.45, 2.75) is 13.5 Å². The Balaban J connectivity index is 2.95. The first kappa shape index (κ1) is 13.4. The van der Waals surface area contributed by atoms with Crippen molar-refractivity contribution >= 4 is 39.8 Å². The quantitative estimate of drug-likeness (QED) is 0.919. The highest BCUT2D eigenvalue weighted by atomic mass is 35.5. The van der Waals surface area contributed by atoms with Gasteiger partial charge in [-0.3, -0.25) is 4.98 Å². The van der Waals surface area contributed by atoms with E-state index >= 15 is 0 Å². The predicted molar refractivity (Wildman–Crippen MR) is 78.7 cm³/mol. The van der Waals surface area contributed by atoms with Gasteiger partial charge >= 0.3 is 0 Å². The molecule has 0 fully saturated rings. The summed E-state index contributed by atoms with van der Waals surface area (Å²) in [4.78, 5) is 6.56. The molecule has 1 aromatic carbocycles. The van der Waals surface area contributed by atoms with E-state index in [0.29, 0.717) is 16.6 Å². The molecule has 0 spiro atoms. The SMILES string of the molecule is Cc1nc2c(Cl)c(Cl)ccc2c(N(C)C)c1CN. The molecule has 1 aromatic heterocycles. The number of aromatic nitrogens is 1. The molecule has 3 nitrogen and oxygen atoms in total. The standard InChI is InChI=1S/C13H15Cl2N3/c1-7-9(6-16)13(18(2)3)8-4-5-10(14)11(15)12(8)17-7/h4-5H,6,16H2,1-3H3. The lowest BCUT2D eigenvalue weighted by atomic mass is 10.1. The maximum Gasteiger partial charge on any atom is 0.0927 e. The molecule has 2 rings (SSSR count). The number of nitrogens with zero attached hydrogens (tertiary/aromatic N) is 2. The zero-order chi connectivity index (χ0) is 13.4. The largest absolute Gasteiger partial charge is 0.377 e. The van der Waals surface area contributed by atoms with Crippen LogP contribution in [0.15, 0.2) is 12.1 Å². The summed E-state index contributed by atoms with van der Waals surface area (Å²) in [5.74, 6) is 0. The van der Waals surface area contributed by atoms with Crippen molar-refractivity contribution in [1.29, 1.82) is 0 Å². The normalized spacial score (nSPS) is 11.0. The van der Waals surface area contributed by atoms with Gasteiger partial charge in [0, 0.05) is 37.3 Å². The second-order valence-electron chi connectivity index (χ2n) is 4.38. The Labute approximate surface area is 116 Å². The predicted octanol–water partition coefficient (Wildman–Crippen LogP) is 3.37. The number of anilines is 1. The van der Waals surface area contributed by atoms with Crippen LogP contribution in [0.3, 0.4) is 0 Å². The van der Waals surface area contributed by atoms with Gasteiger partial charge in [-0.1, -0.05) is 23.2 Å². The fourth-order valence-corrected chi connectivity index (χ4v) is 2.52. The molecule has 0 aliphatic heterocycles. The van der Waals surface area contributed by atoms with Gasteiger partial charge < -0.3 is 10.6 Å². The van der Waals surface area contributed by atoms with Crippen molar-refractivity contribution in [3.63, 3.8) is 0 Å². The average molecular weight is 284 g/mol. The maximum absolute atomic E-state index is 6.23. The van der Waals surface area contributed by atoms with E-state index in [0.717, 1.165) is 27.8 Å². The van der Waals surface area contributed by atoms with E-state index in [4.69, 9.17) is 28.9 Å². The van der Waals surface area contributed by atoms with E-state index in [1.54, 1.807) is 6.07 Å². The Morgan fingerprint density at radius 2 is 1.94 bits per heavy atom. The second-order valence-corrected chi connectivity index (χ2v) is 5.17. The molecular weight excluding hydrogens is 269 g/mol. The van der Waals surface area contributed by atoms with Crippen molar-refractivity contribution < 1.29 is 0 Å². The number of benzene rings is 1. The molecule has 0 aliphatic rings. The molecule has 0 radical (unpaired) electrons. The molecule has 0 atom stereocenters. The summed E-state index contributed by atoms with van der Waals surface area (Å²) in [6.07, 6.45) is 0. The van der Waals surface area contributed by atoms with Crippen LogP contribution in [-0.4, -0.2) is 19.1 Å².